The number of carbonyl (C=O) groups excluding carboxylic acids is 2. The predicted octanol–water partition coefficient (Wildman–Crippen LogP) is 0.601. The SMILES string of the molecule is CC(=O)N[C@H]1C[C@H]2CN(Cc3c(C)noc3C)[C@@H](C)C(=O)N2C1. The number of aryl methyl sites for hydroxylation is 2. The first-order chi connectivity index (χ1) is 10.9. The van der Waals surface area contributed by atoms with Gasteiger partial charge in [-0.2, -0.15) is 0 Å². The second-order valence-corrected chi connectivity index (χ2v) is 6.69. The van der Waals surface area contributed by atoms with Crippen LogP contribution in [0, 0.1) is 13.8 Å². The van der Waals surface area contributed by atoms with Gasteiger partial charge in [0.1, 0.15) is 5.76 Å². The monoisotopic (exact) mass is 320 g/mol. The highest BCUT2D eigenvalue weighted by atomic mass is 16.5. The third-order valence-corrected chi connectivity index (χ3v) is 5.00. The van der Waals surface area contributed by atoms with Gasteiger partial charge in [0.2, 0.25) is 11.8 Å². The smallest absolute Gasteiger partial charge is 0.240 e. The van der Waals surface area contributed by atoms with Crippen LogP contribution in [0.3, 0.4) is 0 Å². The van der Waals surface area contributed by atoms with Crippen LogP contribution in [0.2, 0.25) is 0 Å². The number of hydrogen-bond donors (Lipinski definition) is 1. The van der Waals surface area contributed by atoms with E-state index in [0.717, 1.165) is 30.0 Å². The van der Waals surface area contributed by atoms with Crippen molar-refractivity contribution in [2.24, 2.45) is 0 Å². The van der Waals surface area contributed by atoms with Crippen molar-refractivity contribution in [1.82, 2.24) is 20.3 Å². The molecule has 7 heteroatoms. The normalized spacial score (nSPS) is 28.1. The molecule has 0 spiro atoms. The maximum Gasteiger partial charge on any atom is 0.240 e. The number of fused-ring (bicyclic) bond motifs is 1. The Kier molecular flexibility index (Phi) is 4.14. The van der Waals surface area contributed by atoms with Crippen molar-refractivity contribution >= 4 is 11.8 Å². The van der Waals surface area contributed by atoms with E-state index in [4.69, 9.17) is 4.52 Å². The molecule has 2 amide bonds. The Morgan fingerprint density at radius 2 is 2.13 bits per heavy atom. The maximum atomic E-state index is 12.7. The summed E-state index contributed by atoms with van der Waals surface area (Å²) in [6.45, 7) is 9.40. The maximum absolute atomic E-state index is 12.7. The zero-order chi connectivity index (χ0) is 16.7. The lowest BCUT2D eigenvalue weighted by molar-refractivity contribution is -0.143. The molecule has 0 aliphatic carbocycles. The molecule has 0 saturated carbocycles. The molecule has 2 aliphatic heterocycles. The molecule has 0 unspecified atom stereocenters. The van der Waals surface area contributed by atoms with Crippen molar-refractivity contribution in [2.75, 3.05) is 13.1 Å². The third kappa shape index (κ3) is 2.97. The second kappa shape index (κ2) is 5.96. The number of piperazine rings is 1. The Bertz CT molecular complexity index is 607. The van der Waals surface area contributed by atoms with Gasteiger partial charge in [0.15, 0.2) is 0 Å². The summed E-state index contributed by atoms with van der Waals surface area (Å²) in [6.07, 6.45) is 0.816. The van der Waals surface area contributed by atoms with Gasteiger partial charge < -0.3 is 14.7 Å². The highest BCUT2D eigenvalue weighted by molar-refractivity contribution is 5.83. The Balaban J connectivity index is 1.73. The highest BCUT2D eigenvalue weighted by Gasteiger charge is 2.44. The average Bonchev–Trinajstić information content (AvgIpc) is 3.01. The van der Waals surface area contributed by atoms with E-state index in [9.17, 15) is 9.59 Å². The summed E-state index contributed by atoms with van der Waals surface area (Å²) < 4.78 is 5.23. The van der Waals surface area contributed by atoms with Crippen LogP contribution in [0.1, 0.15) is 37.3 Å². The molecule has 1 N–H and O–H groups in total. The first kappa shape index (κ1) is 16.0. The summed E-state index contributed by atoms with van der Waals surface area (Å²) in [5.41, 5.74) is 1.95. The van der Waals surface area contributed by atoms with Crippen LogP contribution in [0.25, 0.3) is 0 Å². The lowest BCUT2D eigenvalue weighted by Gasteiger charge is -2.41. The second-order valence-electron chi connectivity index (χ2n) is 6.69. The van der Waals surface area contributed by atoms with E-state index in [1.54, 1.807) is 0 Å². The lowest BCUT2D eigenvalue weighted by atomic mass is 10.0. The average molecular weight is 320 g/mol. The van der Waals surface area contributed by atoms with E-state index in [1.165, 1.54) is 6.92 Å². The van der Waals surface area contributed by atoms with Gasteiger partial charge in [-0.3, -0.25) is 14.5 Å². The Morgan fingerprint density at radius 1 is 1.39 bits per heavy atom. The zero-order valence-electron chi connectivity index (χ0n) is 14.1. The van der Waals surface area contributed by atoms with E-state index >= 15 is 0 Å². The summed E-state index contributed by atoms with van der Waals surface area (Å²) in [5.74, 6) is 0.913. The molecule has 23 heavy (non-hydrogen) atoms. The predicted molar refractivity (Wildman–Crippen MR) is 83.6 cm³/mol. The van der Waals surface area contributed by atoms with Crippen molar-refractivity contribution in [3.8, 4) is 0 Å². The van der Waals surface area contributed by atoms with Crippen molar-refractivity contribution in [3.63, 3.8) is 0 Å². The van der Waals surface area contributed by atoms with E-state index in [1.807, 2.05) is 25.7 Å². The van der Waals surface area contributed by atoms with Crippen molar-refractivity contribution < 1.29 is 14.1 Å². The van der Waals surface area contributed by atoms with Crippen molar-refractivity contribution in [1.29, 1.82) is 0 Å². The summed E-state index contributed by atoms with van der Waals surface area (Å²) >= 11 is 0. The molecule has 0 bridgehead atoms. The van der Waals surface area contributed by atoms with Crippen molar-refractivity contribution in [3.05, 3.63) is 17.0 Å². The van der Waals surface area contributed by atoms with Gasteiger partial charge in [-0.25, -0.2) is 0 Å². The first-order valence-corrected chi connectivity index (χ1v) is 8.10. The largest absolute Gasteiger partial charge is 0.361 e. The van der Waals surface area contributed by atoms with Crippen LogP contribution < -0.4 is 5.32 Å². The van der Waals surface area contributed by atoms with Gasteiger partial charge in [-0.1, -0.05) is 5.16 Å². The number of nitrogens with one attached hydrogen (secondary N) is 1. The summed E-state index contributed by atoms with van der Waals surface area (Å²) in [5, 5.41) is 6.93. The molecule has 7 nitrogen and oxygen atoms in total. The molecule has 1 aromatic rings. The summed E-state index contributed by atoms with van der Waals surface area (Å²) in [7, 11) is 0. The van der Waals surface area contributed by atoms with Crippen LogP contribution in [0.15, 0.2) is 4.52 Å². The highest BCUT2D eigenvalue weighted by Crippen LogP contribution is 2.28. The first-order valence-electron chi connectivity index (χ1n) is 8.10. The van der Waals surface area contributed by atoms with Crippen LogP contribution in [0.5, 0.6) is 0 Å². The van der Waals surface area contributed by atoms with Crippen molar-refractivity contribution in [2.45, 2.75) is 58.8 Å². The van der Waals surface area contributed by atoms with Crippen LogP contribution in [0.4, 0.5) is 0 Å². The fourth-order valence-electron chi connectivity index (χ4n) is 3.71. The number of rotatable bonds is 3. The molecule has 1 aromatic heterocycles. The zero-order valence-corrected chi connectivity index (χ0v) is 14.1. The number of aromatic nitrogens is 1. The van der Waals surface area contributed by atoms with Gasteiger partial charge in [-0.15, -0.1) is 0 Å². The fourth-order valence-corrected chi connectivity index (χ4v) is 3.71. The van der Waals surface area contributed by atoms with Gasteiger partial charge >= 0.3 is 0 Å². The van der Waals surface area contributed by atoms with Gasteiger partial charge in [0.05, 0.1) is 11.7 Å². The van der Waals surface area contributed by atoms with Gasteiger partial charge in [0, 0.05) is 44.2 Å². The Hall–Kier alpha value is -1.89. The fraction of sp³-hybridized carbons (Fsp3) is 0.688. The molecule has 2 fully saturated rings. The Morgan fingerprint density at radius 3 is 2.74 bits per heavy atom. The van der Waals surface area contributed by atoms with Gasteiger partial charge in [0.25, 0.3) is 0 Å². The molecule has 2 saturated heterocycles. The van der Waals surface area contributed by atoms with E-state index in [-0.39, 0.29) is 29.9 Å². The van der Waals surface area contributed by atoms with Crippen LogP contribution in [-0.4, -0.2) is 58.0 Å². The third-order valence-electron chi connectivity index (χ3n) is 5.00. The minimum atomic E-state index is -0.170. The van der Waals surface area contributed by atoms with E-state index in [2.05, 4.69) is 15.4 Å². The molecule has 2 aliphatic rings. The number of carbonyl (C=O) groups is 2. The number of hydrogen-bond acceptors (Lipinski definition) is 5. The molecular weight excluding hydrogens is 296 g/mol. The number of nitrogens with zero attached hydrogens (tertiary/aromatic N) is 3. The summed E-state index contributed by atoms with van der Waals surface area (Å²) in [4.78, 5) is 28.1. The molecular formula is C16H24N4O3. The topological polar surface area (TPSA) is 78.7 Å². The summed E-state index contributed by atoms with van der Waals surface area (Å²) in [6, 6.07) is 0.0553. The molecule has 126 valence electrons. The molecule has 3 rings (SSSR count). The molecule has 0 radical (unpaired) electrons. The minimum Gasteiger partial charge on any atom is -0.361 e. The minimum absolute atomic E-state index is 0.0390. The number of amides is 2. The van der Waals surface area contributed by atoms with Crippen LogP contribution >= 0.6 is 0 Å². The van der Waals surface area contributed by atoms with E-state index < -0.39 is 0 Å². The van der Waals surface area contributed by atoms with Crippen LogP contribution in [-0.2, 0) is 16.1 Å². The van der Waals surface area contributed by atoms with E-state index in [0.29, 0.717) is 13.1 Å². The quantitative estimate of drug-likeness (QED) is 0.882. The Labute approximate surface area is 136 Å². The lowest BCUT2D eigenvalue weighted by Crippen LogP contribution is -2.58. The molecule has 0 aromatic carbocycles. The standard InChI is InChI=1S/C16H24N4O3/c1-9-15(11(3)23-18-9)8-19-7-14-5-13(17-12(4)21)6-20(14)16(22)10(19)2/h10,13-14H,5-8H2,1-4H3,(H,17,21)/t10-,13-,14-/m0/s1. The molecule has 3 atom stereocenters. The molecule has 3 heterocycles. The van der Waals surface area contributed by atoms with Gasteiger partial charge in [-0.05, 0) is 27.2 Å².